The first-order chi connectivity index (χ1) is 7.26. The Morgan fingerprint density at radius 3 is 2.73 bits per heavy atom. The van der Waals surface area contributed by atoms with Crippen LogP contribution in [0.4, 0.5) is 0 Å². The SMILES string of the molecule is CCCNC(CCO)CN(C)CC1CC1. The fraction of sp³-hybridized carbons (Fsp3) is 1.00. The predicted molar refractivity (Wildman–Crippen MR) is 64.0 cm³/mol. The van der Waals surface area contributed by atoms with Crippen LogP contribution in [-0.2, 0) is 0 Å². The van der Waals surface area contributed by atoms with Crippen LogP contribution in [0.1, 0.15) is 32.6 Å². The summed E-state index contributed by atoms with van der Waals surface area (Å²) in [5.41, 5.74) is 0. The van der Waals surface area contributed by atoms with Gasteiger partial charge in [-0.3, -0.25) is 0 Å². The van der Waals surface area contributed by atoms with Crippen LogP contribution in [0.3, 0.4) is 0 Å². The summed E-state index contributed by atoms with van der Waals surface area (Å²) in [6.45, 7) is 5.82. The van der Waals surface area contributed by atoms with E-state index >= 15 is 0 Å². The van der Waals surface area contributed by atoms with Crippen LogP contribution in [0.25, 0.3) is 0 Å². The lowest BCUT2D eigenvalue weighted by Gasteiger charge is -2.24. The van der Waals surface area contributed by atoms with Gasteiger partial charge in [0.15, 0.2) is 0 Å². The Labute approximate surface area is 93.9 Å². The monoisotopic (exact) mass is 214 g/mol. The Hall–Kier alpha value is -0.120. The number of hydrogen-bond acceptors (Lipinski definition) is 3. The smallest absolute Gasteiger partial charge is 0.0446 e. The Morgan fingerprint density at radius 1 is 1.47 bits per heavy atom. The zero-order chi connectivity index (χ0) is 11.1. The van der Waals surface area contributed by atoms with Crippen LogP contribution in [-0.4, -0.2) is 49.3 Å². The van der Waals surface area contributed by atoms with Gasteiger partial charge in [-0.05, 0) is 45.2 Å². The van der Waals surface area contributed by atoms with E-state index in [2.05, 4.69) is 24.2 Å². The summed E-state index contributed by atoms with van der Waals surface area (Å²) in [5, 5.41) is 12.5. The van der Waals surface area contributed by atoms with E-state index in [4.69, 9.17) is 5.11 Å². The largest absolute Gasteiger partial charge is 0.396 e. The summed E-state index contributed by atoms with van der Waals surface area (Å²) in [5.74, 6) is 0.955. The standard InChI is InChI=1S/C12H26N2O/c1-3-7-13-12(6-8-15)10-14(2)9-11-4-5-11/h11-13,15H,3-10H2,1-2H3. The highest BCUT2D eigenvalue weighted by molar-refractivity contribution is 4.78. The highest BCUT2D eigenvalue weighted by Gasteiger charge is 2.23. The van der Waals surface area contributed by atoms with Crippen molar-refractivity contribution in [2.75, 3.05) is 33.3 Å². The van der Waals surface area contributed by atoms with Crippen LogP contribution in [0.5, 0.6) is 0 Å². The van der Waals surface area contributed by atoms with Crippen molar-refractivity contribution in [3.05, 3.63) is 0 Å². The van der Waals surface area contributed by atoms with Crippen LogP contribution >= 0.6 is 0 Å². The van der Waals surface area contributed by atoms with Crippen molar-refractivity contribution in [1.29, 1.82) is 0 Å². The number of aliphatic hydroxyl groups is 1. The zero-order valence-corrected chi connectivity index (χ0v) is 10.2. The lowest BCUT2D eigenvalue weighted by Crippen LogP contribution is -2.41. The number of nitrogens with zero attached hydrogens (tertiary/aromatic N) is 1. The molecule has 1 fully saturated rings. The van der Waals surface area contributed by atoms with Crippen molar-refractivity contribution < 1.29 is 5.11 Å². The first-order valence-corrected chi connectivity index (χ1v) is 6.29. The third-order valence-electron chi connectivity index (χ3n) is 2.96. The molecule has 0 aromatic heterocycles. The quantitative estimate of drug-likeness (QED) is 0.603. The van der Waals surface area contributed by atoms with Crippen LogP contribution < -0.4 is 5.32 Å². The summed E-state index contributed by atoms with van der Waals surface area (Å²) in [6, 6.07) is 0.457. The van der Waals surface area contributed by atoms with Gasteiger partial charge in [0.1, 0.15) is 0 Å². The Balaban J connectivity index is 2.14. The molecule has 1 atom stereocenters. The number of aliphatic hydroxyl groups excluding tert-OH is 1. The van der Waals surface area contributed by atoms with E-state index in [0.29, 0.717) is 12.6 Å². The number of nitrogens with one attached hydrogen (secondary N) is 1. The minimum Gasteiger partial charge on any atom is -0.396 e. The van der Waals surface area contributed by atoms with Gasteiger partial charge in [-0.1, -0.05) is 6.92 Å². The van der Waals surface area contributed by atoms with E-state index in [1.807, 2.05) is 0 Å². The second kappa shape index (κ2) is 7.20. The summed E-state index contributed by atoms with van der Waals surface area (Å²) < 4.78 is 0. The van der Waals surface area contributed by atoms with E-state index < -0.39 is 0 Å². The summed E-state index contributed by atoms with van der Waals surface area (Å²) in [7, 11) is 2.19. The third kappa shape index (κ3) is 6.13. The fourth-order valence-electron chi connectivity index (χ4n) is 1.95. The minimum absolute atomic E-state index is 0.290. The Kier molecular flexibility index (Phi) is 6.22. The van der Waals surface area contributed by atoms with Crippen LogP contribution in [0.2, 0.25) is 0 Å². The maximum atomic E-state index is 8.98. The van der Waals surface area contributed by atoms with Crippen LogP contribution in [0.15, 0.2) is 0 Å². The molecule has 0 aromatic rings. The molecule has 0 radical (unpaired) electrons. The molecule has 3 heteroatoms. The second-order valence-electron chi connectivity index (χ2n) is 4.83. The van der Waals surface area contributed by atoms with Gasteiger partial charge in [0.2, 0.25) is 0 Å². The molecule has 0 amide bonds. The van der Waals surface area contributed by atoms with E-state index in [1.54, 1.807) is 0 Å². The average Bonchev–Trinajstić information content (AvgIpc) is 2.98. The molecule has 0 spiro atoms. The molecule has 3 nitrogen and oxygen atoms in total. The predicted octanol–water partition coefficient (Wildman–Crippen LogP) is 1.08. The minimum atomic E-state index is 0.290. The molecule has 0 aromatic carbocycles. The molecule has 15 heavy (non-hydrogen) atoms. The molecule has 2 N–H and O–H groups in total. The lowest BCUT2D eigenvalue weighted by molar-refractivity contribution is 0.225. The molecule has 90 valence electrons. The fourth-order valence-corrected chi connectivity index (χ4v) is 1.95. The summed E-state index contributed by atoms with van der Waals surface area (Å²) in [6.07, 6.45) is 4.86. The van der Waals surface area contributed by atoms with Gasteiger partial charge in [0, 0.05) is 25.7 Å². The molecule has 1 saturated carbocycles. The van der Waals surface area contributed by atoms with Gasteiger partial charge in [-0.25, -0.2) is 0 Å². The Bertz CT molecular complexity index is 160. The first-order valence-electron chi connectivity index (χ1n) is 6.29. The molecule has 1 aliphatic carbocycles. The van der Waals surface area contributed by atoms with Crippen molar-refractivity contribution in [1.82, 2.24) is 10.2 Å². The number of likely N-dealkylation sites (N-methyl/N-ethyl adjacent to an activating group) is 1. The van der Waals surface area contributed by atoms with E-state index in [1.165, 1.54) is 19.4 Å². The number of rotatable bonds is 9. The van der Waals surface area contributed by atoms with E-state index in [-0.39, 0.29) is 0 Å². The topological polar surface area (TPSA) is 35.5 Å². The van der Waals surface area contributed by atoms with Crippen molar-refractivity contribution in [2.24, 2.45) is 5.92 Å². The van der Waals surface area contributed by atoms with Crippen molar-refractivity contribution >= 4 is 0 Å². The second-order valence-corrected chi connectivity index (χ2v) is 4.83. The summed E-state index contributed by atoms with van der Waals surface area (Å²) in [4.78, 5) is 2.40. The molecule has 1 rings (SSSR count). The molecular formula is C12H26N2O. The van der Waals surface area contributed by atoms with Crippen molar-refractivity contribution in [3.63, 3.8) is 0 Å². The van der Waals surface area contributed by atoms with Gasteiger partial charge in [-0.15, -0.1) is 0 Å². The van der Waals surface area contributed by atoms with E-state index in [9.17, 15) is 0 Å². The van der Waals surface area contributed by atoms with Gasteiger partial charge in [-0.2, -0.15) is 0 Å². The summed E-state index contributed by atoms with van der Waals surface area (Å²) >= 11 is 0. The highest BCUT2D eigenvalue weighted by atomic mass is 16.3. The van der Waals surface area contributed by atoms with Crippen molar-refractivity contribution in [3.8, 4) is 0 Å². The van der Waals surface area contributed by atoms with E-state index in [0.717, 1.165) is 31.8 Å². The van der Waals surface area contributed by atoms with Crippen LogP contribution in [0, 0.1) is 5.92 Å². The molecule has 0 saturated heterocycles. The zero-order valence-electron chi connectivity index (χ0n) is 10.2. The Morgan fingerprint density at radius 2 is 2.20 bits per heavy atom. The van der Waals surface area contributed by atoms with Gasteiger partial charge < -0.3 is 15.3 Å². The molecule has 0 aliphatic heterocycles. The molecular weight excluding hydrogens is 188 g/mol. The van der Waals surface area contributed by atoms with Gasteiger partial charge >= 0.3 is 0 Å². The van der Waals surface area contributed by atoms with Crippen molar-refractivity contribution in [2.45, 2.75) is 38.6 Å². The van der Waals surface area contributed by atoms with Gasteiger partial charge in [0.05, 0.1) is 0 Å². The maximum Gasteiger partial charge on any atom is 0.0446 e. The molecule has 1 unspecified atom stereocenters. The first kappa shape index (κ1) is 12.9. The average molecular weight is 214 g/mol. The van der Waals surface area contributed by atoms with Gasteiger partial charge in [0.25, 0.3) is 0 Å². The molecule has 0 heterocycles. The third-order valence-corrected chi connectivity index (χ3v) is 2.96. The number of hydrogen-bond donors (Lipinski definition) is 2. The molecule has 0 bridgehead atoms. The lowest BCUT2D eigenvalue weighted by atomic mass is 10.2. The normalized spacial score (nSPS) is 18.4. The molecule has 1 aliphatic rings. The maximum absolute atomic E-state index is 8.98. The highest BCUT2D eigenvalue weighted by Crippen LogP contribution is 2.29.